The highest BCUT2D eigenvalue weighted by molar-refractivity contribution is 5.85. The standard InChI is InChI=1S/C10H16N2O.ClH/c1-8-2-4-12-10(6-8)7-9(11)3-5-13;/h2,4,6,9,13H,3,5,7,11H2,1H3;1H/t9-;/m0./s1. The Morgan fingerprint density at radius 1 is 1.57 bits per heavy atom. The van der Waals surface area contributed by atoms with Gasteiger partial charge in [0.2, 0.25) is 0 Å². The zero-order valence-electron chi connectivity index (χ0n) is 8.31. The molecule has 0 amide bonds. The number of aliphatic hydroxyl groups excluding tert-OH is 1. The minimum absolute atomic E-state index is 0. The fourth-order valence-corrected chi connectivity index (χ4v) is 1.25. The van der Waals surface area contributed by atoms with Gasteiger partial charge in [0.05, 0.1) is 0 Å². The van der Waals surface area contributed by atoms with Gasteiger partial charge >= 0.3 is 0 Å². The van der Waals surface area contributed by atoms with Crippen LogP contribution in [0.1, 0.15) is 17.7 Å². The van der Waals surface area contributed by atoms with Crippen molar-refractivity contribution in [2.45, 2.75) is 25.8 Å². The number of hydrogen-bond donors (Lipinski definition) is 2. The lowest BCUT2D eigenvalue weighted by molar-refractivity contribution is 0.275. The van der Waals surface area contributed by atoms with Gasteiger partial charge in [-0.25, -0.2) is 0 Å². The van der Waals surface area contributed by atoms with Crippen molar-refractivity contribution in [3.63, 3.8) is 0 Å². The molecule has 1 atom stereocenters. The highest BCUT2D eigenvalue weighted by Gasteiger charge is 2.03. The highest BCUT2D eigenvalue weighted by Crippen LogP contribution is 2.03. The quantitative estimate of drug-likeness (QED) is 0.792. The molecule has 0 aliphatic carbocycles. The summed E-state index contributed by atoms with van der Waals surface area (Å²) in [6.45, 7) is 2.18. The molecular weight excluding hydrogens is 200 g/mol. The topological polar surface area (TPSA) is 59.1 Å². The van der Waals surface area contributed by atoms with E-state index in [1.165, 1.54) is 5.56 Å². The maximum atomic E-state index is 8.67. The molecule has 3 nitrogen and oxygen atoms in total. The van der Waals surface area contributed by atoms with Gasteiger partial charge in [-0.05, 0) is 31.0 Å². The first-order valence-electron chi connectivity index (χ1n) is 4.50. The first kappa shape index (κ1) is 13.4. The van der Waals surface area contributed by atoms with E-state index < -0.39 is 0 Å². The Morgan fingerprint density at radius 2 is 2.29 bits per heavy atom. The summed E-state index contributed by atoms with van der Waals surface area (Å²) in [5.41, 5.74) is 7.96. The summed E-state index contributed by atoms with van der Waals surface area (Å²) in [5, 5.41) is 8.67. The van der Waals surface area contributed by atoms with E-state index in [1.54, 1.807) is 6.20 Å². The summed E-state index contributed by atoms with van der Waals surface area (Å²) >= 11 is 0. The molecular formula is C10H17ClN2O. The molecule has 4 heteroatoms. The Balaban J connectivity index is 0.00000169. The molecule has 0 aliphatic heterocycles. The van der Waals surface area contributed by atoms with Crippen molar-refractivity contribution >= 4 is 12.4 Å². The predicted molar refractivity (Wildman–Crippen MR) is 59.6 cm³/mol. The molecule has 80 valence electrons. The molecule has 0 aromatic carbocycles. The molecule has 1 aromatic heterocycles. The van der Waals surface area contributed by atoms with E-state index in [1.807, 2.05) is 19.1 Å². The molecule has 0 radical (unpaired) electrons. The van der Waals surface area contributed by atoms with Gasteiger partial charge in [-0.3, -0.25) is 4.98 Å². The average Bonchev–Trinajstić information content (AvgIpc) is 2.04. The zero-order valence-corrected chi connectivity index (χ0v) is 9.13. The molecule has 0 unspecified atom stereocenters. The van der Waals surface area contributed by atoms with Crippen molar-refractivity contribution in [3.05, 3.63) is 29.6 Å². The Bertz CT molecular complexity index is 268. The number of aromatic nitrogens is 1. The van der Waals surface area contributed by atoms with Crippen molar-refractivity contribution < 1.29 is 5.11 Å². The fraction of sp³-hybridized carbons (Fsp3) is 0.500. The van der Waals surface area contributed by atoms with Crippen LogP contribution in [0.4, 0.5) is 0 Å². The second-order valence-corrected chi connectivity index (χ2v) is 3.30. The lowest BCUT2D eigenvalue weighted by atomic mass is 10.1. The number of hydrogen-bond acceptors (Lipinski definition) is 3. The van der Waals surface area contributed by atoms with Crippen molar-refractivity contribution in [1.29, 1.82) is 0 Å². The van der Waals surface area contributed by atoms with Crippen molar-refractivity contribution in [1.82, 2.24) is 4.98 Å². The van der Waals surface area contributed by atoms with Crippen LogP contribution in [-0.4, -0.2) is 22.7 Å². The SMILES string of the molecule is Cc1ccnc(C[C@@H](N)CCO)c1.Cl. The van der Waals surface area contributed by atoms with Crippen LogP contribution in [-0.2, 0) is 6.42 Å². The van der Waals surface area contributed by atoms with Gasteiger partial charge in [-0.2, -0.15) is 0 Å². The van der Waals surface area contributed by atoms with Crippen molar-refractivity contribution in [2.24, 2.45) is 5.73 Å². The molecule has 1 rings (SSSR count). The Hall–Kier alpha value is -0.640. The molecule has 14 heavy (non-hydrogen) atoms. The molecule has 0 spiro atoms. The van der Waals surface area contributed by atoms with Crippen LogP contribution in [0.2, 0.25) is 0 Å². The van der Waals surface area contributed by atoms with Gasteiger partial charge in [0.25, 0.3) is 0 Å². The van der Waals surface area contributed by atoms with Gasteiger partial charge in [0.15, 0.2) is 0 Å². The van der Waals surface area contributed by atoms with E-state index >= 15 is 0 Å². The summed E-state index contributed by atoms with van der Waals surface area (Å²) in [6, 6.07) is 4.00. The molecule has 0 saturated heterocycles. The van der Waals surface area contributed by atoms with Crippen LogP contribution in [0.3, 0.4) is 0 Å². The van der Waals surface area contributed by atoms with Crippen molar-refractivity contribution in [2.75, 3.05) is 6.61 Å². The molecule has 1 heterocycles. The van der Waals surface area contributed by atoms with Crippen LogP contribution in [0.5, 0.6) is 0 Å². The van der Waals surface area contributed by atoms with E-state index in [0.29, 0.717) is 6.42 Å². The average molecular weight is 217 g/mol. The Morgan fingerprint density at radius 3 is 2.86 bits per heavy atom. The zero-order chi connectivity index (χ0) is 9.68. The summed E-state index contributed by atoms with van der Waals surface area (Å²) in [5.74, 6) is 0. The molecule has 0 aliphatic rings. The Labute approximate surface area is 90.8 Å². The lowest BCUT2D eigenvalue weighted by Crippen LogP contribution is -2.24. The number of aliphatic hydroxyl groups is 1. The number of nitrogens with two attached hydrogens (primary N) is 1. The van der Waals surface area contributed by atoms with E-state index in [2.05, 4.69) is 4.98 Å². The normalized spacial score (nSPS) is 11.9. The molecule has 0 saturated carbocycles. The minimum atomic E-state index is 0. The highest BCUT2D eigenvalue weighted by atomic mass is 35.5. The van der Waals surface area contributed by atoms with Gasteiger partial charge in [0, 0.05) is 31.0 Å². The summed E-state index contributed by atoms with van der Waals surface area (Å²) < 4.78 is 0. The second-order valence-electron chi connectivity index (χ2n) is 3.30. The largest absolute Gasteiger partial charge is 0.396 e. The van der Waals surface area contributed by atoms with Gasteiger partial charge in [-0.1, -0.05) is 0 Å². The van der Waals surface area contributed by atoms with Crippen LogP contribution in [0.25, 0.3) is 0 Å². The van der Waals surface area contributed by atoms with E-state index in [4.69, 9.17) is 10.8 Å². The maximum absolute atomic E-state index is 8.67. The summed E-state index contributed by atoms with van der Waals surface area (Å²) in [4.78, 5) is 4.20. The lowest BCUT2D eigenvalue weighted by Gasteiger charge is -2.08. The van der Waals surface area contributed by atoms with Crippen LogP contribution >= 0.6 is 12.4 Å². The first-order valence-corrected chi connectivity index (χ1v) is 4.50. The molecule has 3 N–H and O–H groups in total. The summed E-state index contributed by atoms with van der Waals surface area (Å²) in [6.07, 6.45) is 3.16. The first-order chi connectivity index (χ1) is 6.22. The monoisotopic (exact) mass is 216 g/mol. The molecule has 0 bridgehead atoms. The van der Waals surface area contributed by atoms with E-state index in [-0.39, 0.29) is 25.1 Å². The third kappa shape index (κ3) is 4.56. The molecule has 1 aromatic rings. The smallest absolute Gasteiger partial charge is 0.0445 e. The number of halogens is 1. The number of pyridine rings is 1. The van der Waals surface area contributed by atoms with Crippen molar-refractivity contribution in [3.8, 4) is 0 Å². The minimum Gasteiger partial charge on any atom is -0.396 e. The second kappa shape index (κ2) is 6.76. The van der Waals surface area contributed by atoms with Crippen LogP contribution in [0, 0.1) is 6.92 Å². The number of aryl methyl sites for hydroxylation is 1. The fourth-order valence-electron chi connectivity index (χ4n) is 1.25. The number of rotatable bonds is 4. The van der Waals surface area contributed by atoms with Crippen LogP contribution < -0.4 is 5.73 Å². The molecule has 0 fully saturated rings. The third-order valence-electron chi connectivity index (χ3n) is 1.94. The van der Waals surface area contributed by atoms with Gasteiger partial charge in [-0.15, -0.1) is 12.4 Å². The van der Waals surface area contributed by atoms with E-state index in [0.717, 1.165) is 12.1 Å². The van der Waals surface area contributed by atoms with Gasteiger partial charge < -0.3 is 10.8 Å². The maximum Gasteiger partial charge on any atom is 0.0445 e. The predicted octanol–water partition coefficient (Wildman–Crippen LogP) is 1.06. The van der Waals surface area contributed by atoms with E-state index in [9.17, 15) is 0 Å². The summed E-state index contributed by atoms with van der Waals surface area (Å²) in [7, 11) is 0. The van der Waals surface area contributed by atoms with Crippen LogP contribution in [0.15, 0.2) is 18.3 Å². The number of nitrogens with zero attached hydrogens (tertiary/aromatic N) is 1. The van der Waals surface area contributed by atoms with Gasteiger partial charge in [0.1, 0.15) is 0 Å². The Kier molecular flexibility index (Phi) is 6.45. The third-order valence-corrected chi connectivity index (χ3v) is 1.94.